The van der Waals surface area contributed by atoms with Crippen LogP contribution in [0.15, 0.2) is 41.1 Å². The summed E-state index contributed by atoms with van der Waals surface area (Å²) in [7, 11) is -3.51. The Bertz CT molecular complexity index is 807. The summed E-state index contributed by atoms with van der Waals surface area (Å²) in [5.41, 5.74) is 6.31. The summed E-state index contributed by atoms with van der Waals surface area (Å²) in [6.45, 7) is 0. The van der Waals surface area contributed by atoms with E-state index in [4.69, 9.17) is 5.73 Å². The lowest BCUT2D eigenvalue weighted by molar-refractivity contribution is 0.595. The lowest BCUT2D eigenvalue weighted by atomic mass is 10.4. The number of nitrogens with zero attached hydrogens (tertiary/aromatic N) is 3. The monoisotopic (exact) mass is 294 g/mol. The SMILES string of the molecule is Nc1cnccc1S(=O)(=O)Cc1cn2ccsc2n1. The quantitative estimate of drug-likeness (QED) is 0.787. The molecule has 0 radical (unpaired) electrons. The molecule has 0 spiro atoms. The molecular formula is C11H10N4O2S2. The van der Waals surface area contributed by atoms with Crippen LogP contribution in [0.25, 0.3) is 4.96 Å². The van der Waals surface area contributed by atoms with E-state index in [-0.39, 0.29) is 16.3 Å². The van der Waals surface area contributed by atoms with E-state index in [9.17, 15) is 8.42 Å². The van der Waals surface area contributed by atoms with Gasteiger partial charge in [-0.3, -0.25) is 9.38 Å². The molecule has 0 aliphatic carbocycles. The highest BCUT2D eigenvalue weighted by Crippen LogP contribution is 2.21. The van der Waals surface area contributed by atoms with Crippen molar-refractivity contribution >= 4 is 31.8 Å². The number of hydrogen-bond donors (Lipinski definition) is 1. The average Bonchev–Trinajstić information content (AvgIpc) is 2.89. The number of nitrogen functional groups attached to an aromatic ring is 1. The van der Waals surface area contributed by atoms with Gasteiger partial charge in [-0.25, -0.2) is 13.4 Å². The third-order valence-electron chi connectivity index (χ3n) is 2.63. The molecule has 3 rings (SSSR count). The van der Waals surface area contributed by atoms with Crippen LogP contribution in [-0.4, -0.2) is 22.8 Å². The maximum absolute atomic E-state index is 12.3. The first kappa shape index (κ1) is 12.1. The number of thiazole rings is 1. The van der Waals surface area contributed by atoms with Gasteiger partial charge < -0.3 is 5.73 Å². The third-order valence-corrected chi connectivity index (χ3v) is 5.11. The lowest BCUT2D eigenvalue weighted by Crippen LogP contribution is -2.08. The van der Waals surface area contributed by atoms with Crippen LogP contribution >= 0.6 is 11.3 Å². The van der Waals surface area contributed by atoms with E-state index >= 15 is 0 Å². The van der Waals surface area contributed by atoms with Gasteiger partial charge in [0, 0.05) is 24.0 Å². The average molecular weight is 294 g/mol. The normalized spacial score (nSPS) is 12.0. The zero-order valence-corrected chi connectivity index (χ0v) is 11.4. The van der Waals surface area contributed by atoms with Gasteiger partial charge in [0.25, 0.3) is 0 Å². The van der Waals surface area contributed by atoms with Crippen molar-refractivity contribution in [1.29, 1.82) is 0 Å². The van der Waals surface area contributed by atoms with E-state index in [1.54, 1.807) is 10.6 Å². The van der Waals surface area contributed by atoms with Crippen LogP contribution < -0.4 is 5.73 Å². The molecule has 0 aliphatic heterocycles. The summed E-state index contributed by atoms with van der Waals surface area (Å²) in [6.07, 6.45) is 6.29. The van der Waals surface area contributed by atoms with Crippen LogP contribution in [0, 0.1) is 0 Å². The topological polar surface area (TPSA) is 90.3 Å². The molecule has 2 N–H and O–H groups in total. The number of imidazole rings is 1. The maximum atomic E-state index is 12.3. The van der Waals surface area contributed by atoms with Crippen molar-refractivity contribution in [3.63, 3.8) is 0 Å². The minimum absolute atomic E-state index is 0.0962. The molecule has 3 aromatic heterocycles. The van der Waals surface area contributed by atoms with Gasteiger partial charge in [-0.1, -0.05) is 0 Å². The molecule has 0 aromatic carbocycles. The maximum Gasteiger partial charge on any atom is 0.193 e. The summed E-state index contributed by atoms with van der Waals surface area (Å²) in [5, 5.41) is 1.89. The molecule has 0 unspecified atom stereocenters. The van der Waals surface area contributed by atoms with Gasteiger partial charge in [0.1, 0.15) is 0 Å². The largest absolute Gasteiger partial charge is 0.396 e. The van der Waals surface area contributed by atoms with Crippen molar-refractivity contribution in [3.8, 4) is 0 Å². The fourth-order valence-electron chi connectivity index (χ4n) is 1.80. The number of sulfone groups is 1. The molecule has 3 heterocycles. The Morgan fingerprint density at radius 1 is 1.42 bits per heavy atom. The van der Waals surface area contributed by atoms with E-state index in [2.05, 4.69) is 9.97 Å². The molecular weight excluding hydrogens is 284 g/mol. The van der Waals surface area contributed by atoms with E-state index in [1.165, 1.54) is 29.8 Å². The second-order valence-electron chi connectivity index (χ2n) is 4.00. The Kier molecular flexibility index (Phi) is 2.76. The van der Waals surface area contributed by atoms with Crippen molar-refractivity contribution in [2.45, 2.75) is 10.6 Å². The van der Waals surface area contributed by atoms with E-state index in [0.29, 0.717) is 5.69 Å². The highest BCUT2D eigenvalue weighted by Gasteiger charge is 2.20. The molecule has 0 fully saturated rings. The van der Waals surface area contributed by atoms with Gasteiger partial charge in [0.2, 0.25) is 0 Å². The molecule has 0 saturated heterocycles. The first-order valence-electron chi connectivity index (χ1n) is 5.39. The zero-order valence-electron chi connectivity index (χ0n) is 9.72. The van der Waals surface area contributed by atoms with Gasteiger partial charge >= 0.3 is 0 Å². The van der Waals surface area contributed by atoms with Crippen LogP contribution in [0.3, 0.4) is 0 Å². The number of fused-ring (bicyclic) bond motifs is 1. The highest BCUT2D eigenvalue weighted by atomic mass is 32.2. The summed E-state index contributed by atoms with van der Waals surface area (Å²) in [4.78, 5) is 8.91. The zero-order chi connectivity index (χ0) is 13.5. The van der Waals surface area contributed by atoms with Crippen LogP contribution in [-0.2, 0) is 15.6 Å². The van der Waals surface area contributed by atoms with Crippen LogP contribution in [0.5, 0.6) is 0 Å². The summed E-state index contributed by atoms with van der Waals surface area (Å²) >= 11 is 1.46. The van der Waals surface area contributed by atoms with Gasteiger partial charge in [-0.2, -0.15) is 0 Å². The van der Waals surface area contributed by atoms with E-state index in [0.717, 1.165) is 4.96 Å². The molecule has 0 atom stereocenters. The molecule has 98 valence electrons. The number of hydrogen-bond acceptors (Lipinski definition) is 6. The van der Waals surface area contributed by atoms with Crippen LogP contribution in [0.1, 0.15) is 5.69 Å². The third kappa shape index (κ3) is 2.20. The Hall–Kier alpha value is -1.93. The molecule has 0 saturated carbocycles. The number of nitrogens with two attached hydrogens (primary N) is 1. The van der Waals surface area contributed by atoms with Crippen molar-refractivity contribution in [2.75, 3.05) is 5.73 Å². The van der Waals surface area contributed by atoms with Crippen molar-refractivity contribution < 1.29 is 8.42 Å². The number of aromatic nitrogens is 3. The molecule has 6 nitrogen and oxygen atoms in total. The predicted molar refractivity (Wildman–Crippen MR) is 72.6 cm³/mol. The van der Waals surface area contributed by atoms with Gasteiger partial charge in [0.05, 0.1) is 28.2 Å². The van der Waals surface area contributed by atoms with Crippen molar-refractivity contribution in [1.82, 2.24) is 14.4 Å². The summed E-state index contributed by atoms with van der Waals surface area (Å²) in [5.74, 6) is -0.171. The Labute approximate surface area is 113 Å². The molecule has 0 aliphatic rings. The first-order valence-corrected chi connectivity index (χ1v) is 7.93. The fraction of sp³-hybridized carbons (Fsp3) is 0.0909. The highest BCUT2D eigenvalue weighted by molar-refractivity contribution is 7.90. The lowest BCUT2D eigenvalue weighted by Gasteiger charge is -2.04. The van der Waals surface area contributed by atoms with Gasteiger partial charge in [0.15, 0.2) is 14.8 Å². The smallest absolute Gasteiger partial charge is 0.193 e. The Morgan fingerprint density at radius 2 is 2.26 bits per heavy atom. The molecule has 0 bridgehead atoms. The van der Waals surface area contributed by atoms with Crippen molar-refractivity contribution in [2.24, 2.45) is 0 Å². The Balaban J connectivity index is 1.98. The first-order chi connectivity index (χ1) is 9.06. The standard InChI is InChI=1S/C11H10N4O2S2/c12-9-5-13-2-1-10(9)19(16,17)7-8-6-15-3-4-18-11(15)14-8/h1-6H,7,12H2. The second-order valence-corrected chi connectivity index (χ2v) is 6.83. The van der Waals surface area contributed by atoms with Gasteiger partial charge in [-0.05, 0) is 6.07 Å². The van der Waals surface area contributed by atoms with Crippen LogP contribution in [0.2, 0.25) is 0 Å². The fourth-order valence-corrected chi connectivity index (χ4v) is 3.88. The molecule has 19 heavy (non-hydrogen) atoms. The van der Waals surface area contributed by atoms with Crippen LogP contribution in [0.4, 0.5) is 5.69 Å². The second kappa shape index (κ2) is 4.32. The predicted octanol–water partition coefficient (Wildman–Crippen LogP) is 1.35. The van der Waals surface area contributed by atoms with E-state index < -0.39 is 9.84 Å². The van der Waals surface area contributed by atoms with Gasteiger partial charge in [-0.15, -0.1) is 11.3 Å². The summed E-state index contributed by atoms with van der Waals surface area (Å²) in [6, 6.07) is 1.41. The molecule has 3 aromatic rings. The van der Waals surface area contributed by atoms with Crippen molar-refractivity contribution in [3.05, 3.63) is 41.9 Å². The number of rotatable bonds is 3. The molecule has 0 amide bonds. The minimum Gasteiger partial charge on any atom is -0.396 e. The number of pyridine rings is 1. The summed E-state index contributed by atoms with van der Waals surface area (Å²) < 4.78 is 26.3. The minimum atomic E-state index is -3.51. The number of anilines is 1. The van der Waals surface area contributed by atoms with E-state index in [1.807, 2.05) is 11.6 Å². The Morgan fingerprint density at radius 3 is 3.00 bits per heavy atom. The molecule has 8 heteroatoms.